The van der Waals surface area contributed by atoms with Crippen LogP contribution in [0.4, 0.5) is 10.1 Å². The second kappa shape index (κ2) is 12.8. The highest BCUT2D eigenvalue weighted by atomic mass is 19.1. The van der Waals surface area contributed by atoms with Gasteiger partial charge in [-0.3, -0.25) is 24.5 Å². The number of para-hydroxylation sites is 1. The van der Waals surface area contributed by atoms with Gasteiger partial charge < -0.3 is 14.2 Å². The fourth-order valence-electron chi connectivity index (χ4n) is 4.25. The number of halogens is 1. The summed E-state index contributed by atoms with van der Waals surface area (Å²) in [5.74, 6) is -1.29. The summed E-state index contributed by atoms with van der Waals surface area (Å²) in [7, 11) is 0. The first-order valence-electron chi connectivity index (χ1n) is 12.8. The molecule has 0 aliphatic rings. The number of nitro groups is 1. The molecule has 9 nitrogen and oxygen atoms in total. The highest BCUT2D eigenvalue weighted by molar-refractivity contribution is 5.96. The van der Waals surface area contributed by atoms with Gasteiger partial charge in [0, 0.05) is 30.8 Å². The van der Waals surface area contributed by atoms with Gasteiger partial charge in [-0.15, -0.1) is 0 Å². The first-order valence-corrected chi connectivity index (χ1v) is 12.8. The van der Waals surface area contributed by atoms with Crippen molar-refractivity contribution in [2.75, 3.05) is 13.1 Å². The van der Waals surface area contributed by atoms with E-state index < -0.39 is 22.6 Å². The highest BCUT2D eigenvalue weighted by Gasteiger charge is 2.24. The third-order valence-corrected chi connectivity index (χ3v) is 6.47. The number of nitro benzene ring substituents is 1. The van der Waals surface area contributed by atoms with Crippen molar-refractivity contribution in [1.82, 2.24) is 9.80 Å². The zero-order valence-electron chi connectivity index (χ0n) is 21.9. The summed E-state index contributed by atoms with van der Waals surface area (Å²) in [5, 5.41) is 11.4. The van der Waals surface area contributed by atoms with Gasteiger partial charge in [0.2, 0.25) is 5.91 Å². The topological polar surface area (TPSA) is 114 Å². The van der Waals surface area contributed by atoms with Crippen molar-refractivity contribution in [3.63, 3.8) is 0 Å². The van der Waals surface area contributed by atoms with Gasteiger partial charge in [-0.25, -0.2) is 4.39 Å². The zero-order valence-corrected chi connectivity index (χ0v) is 21.9. The number of amides is 2. The van der Waals surface area contributed by atoms with Gasteiger partial charge in [-0.2, -0.15) is 0 Å². The molecule has 4 rings (SSSR count). The van der Waals surface area contributed by atoms with Crippen LogP contribution in [-0.4, -0.2) is 39.6 Å². The molecule has 0 bridgehead atoms. The van der Waals surface area contributed by atoms with Crippen LogP contribution in [0, 0.1) is 15.9 Å². The highest BCUT2D eigenvalue weighted by Crippen LogP contribution is 2.17. The Kier molecular flexibility index (Phi) is 9.00. The molecule has 0 N–H and O–H groups in total. The van der Waals surface area contributed by atoms with E-state index in [2.05, 4.69) is 0 Å². The molecule has 206 valence electrons. The number of carbonyl (C=O) groups is 2. The SMILES string of the molecule is CCCCN(CC(=O)N(Cc1ccc(F)cc1)Cc1coc2ccccc2c1=O)C(=O)c1ccc([N+](=O)[O-])cc1. The number of nitrogens with zero attached hydrogens (tertiary/aromatic N) is 3. The summed E-state index contributed by atoms with van der Waals surface area (Å²) in [6, 6.07) is 17.7. The van der Waals surface area contributed by atoms with Crippen molar-refractivity contribution in [1.29, 1.82) is 0 Å². The molecule has 0 aliphatic heterocycles. The summed E-state index contributed by atoms with van der Waals surface area (Å²) < 4.78 is 19.2. The Labute approximate surface area is 229 Å². The van der Waals surface area contributed by atoms with Gasteiger partial charge in [0.05, 0.1) is 28.7 Å². The third kappa shape index (κ3) is 6.76. The van der Waals surface area contributed by atoms with E-state index in [1.807, 2.05) is 6.92 Å². The maximum absolute atomic E-state index is 13.7. The minimum atomic E-state index is -0.552. The molecule has 0 unspecified atom stereocenters. The minimum absolute atomic E-state index is 0.0682. The Morgan fingerprint density at radius 1 is 0.950 bits per heavy atom. The van der Waals surface area contributed by atoms with E-state index in [0.29, 0.717) is 29.5 Å². The van der Waals surface area contributed by atoms with Gasteiger partial charge in [-0.05, 0) is 48.4 Å². The van der Waals surface area contributed by atoms with E-state index in [9.17, 15) is 28.9 Å². The molecule has 0 fully saturated rings. The molecule has 0 atom stereocenters. The van der Waals surface area contributed by atoms with Crippen LogP contribution < -0.4 is 5.43 Å². The Bertz CT molecular complexity index is 1570. The quantitative estimate of drug-likeness (QED) is 0.186. The lowest BCUT2D eigenvalue weighted by Crippen LogP contribution is -2.43. The summed E-state index contributed by atoms with van der Waals surface area (Å²) >= 11 is 0. The molecule has 40 heavy (non-hydrogen) atoms. The van der Waals surface area contributed by atoms with Gasteiger partial charge in [0.15, 0.2) is 5.43 Å². The fourth-order valence-corrected chi connectivity index (χ4v) is 4.25. The zero-order chi connectivity index (χ0) is 28.6. The number of rotatable bonds is 11. The van der Waals surface area contributed by atoms with Crippen LogP contribution in [0.2, 0.25) is 0 Å². The molecule has 1 aromatic heterocycles. The van der Waals surface area contributed by atoms with Crippen LogP contribution in [0.15, 0.2) is 88.3 Å². The smallest absolute Gasteiger partial charge is 0.269 e. The molecule has 0 aliphatic carbocycles. The Morgan fingerprint density at radius 2 is 1.65 bits per heavy atom. The van der Waals surface area contributed by atoms with Crippen molar-refractivity contribution in [3.8, 4) is 0 Å². The average Bonchev–Trinajstić information content (AvgIpc) is 2.97. The molecule has 2 amide bonds. The molecule has 3 aromatic carbocycles. The van der Waals surface area contributed by atoms with Crippen LogP contribution in [0.25, 0.3) is 11.0 Å². The molecular formula is C30H28FN3O6. The minimum Gasteiger partial charge on any atom is -0.464 e. The first kappa shape index (κ1) is 28.2. The maximum Gasteiger partial charge on any atom is 0.269 e. The van der Waals surface area contributed by atoms with E-state index >= 15 is 0 Å². The average molecular weight is 546 g/mol. The van der Waals surface area contributed by atoms with Gasteiger partial charge in [0.25, 0.3) is 11.6 Å². The van der Waals surface area contributed by atoms with E-state index in [0.717, 1.165) is 6.42 Å². The van der Waals surface area contributed by atoms with Crippen molar-refractivity contribution in [2.24, 2.45) is 0 Å². The normalized spacial score (nSPS) is 10.8. The van der Waals surface area contributed by atoms with E-state index in [4.69, 9.17) is 4.42 Å². The molecule has 0 spiro atoms. The molecule has 10 heteroatoms. The number of unbranched alkanes of at least 4 members (excludes halogenated alkanes) is 1. The van der Waals surface area contributed by atoms with E-state index in [-0.39, 0.29) is 41.9 Å². The molecule has 4 aromatic rings. The standard InChI is InChI=1S/C30H28FN3O6/c1-2-3-16-32(30(37)22-10-14-25(15-11-22)34(38)39)19-28(35)33(17-21-8-12-24(31)13-9-21)18-23-20-40-27-7-5-4-6-26(27)29(23)36/h4-15,20H,2-3,16-19H2,1H3. The van der Waals surface area contributed by atoms with Crippen molar-refractivity contribution >= 4 is 28.5 Å². The lowest BCUT2D eigenvalue weighted by Gasteiger charge is -2.28. The van der Waals surface area contributed by atoms with Gasteiger partial charge in [0.1, 0.15) is 17.9 Å². The number of non-ortho nitro benzene ring substituents is 1. The van der Waals surface area contributed by atoms with Crippen LogP contribution in [0.1, 0.15) is 41.3 Å². The van der Waals surface area contributed by atoms with Crippen LogP contribution in [-0.2, 0) is 17.9 Å². The third-order valence-electron chi connectivity index (χ3n) is 6.47. The van der Waals surface area contributed by atoms with E-state index in [1.54, 1.807) is 36.4 Å². The summed E-state index contributed by atoms with van der Waals surface area (Å²) in [6.45, 7) is 1.95. The fraction of sp³-hybridized carbons (Fsp3) is 0.233. The van der Waals surface area contributed by atoms with Crippen LogP contribution in [0.3, 0.4) is 0 Å². The van der Waals surface area contributed by atoms with Crippen molar-refractivity contribution in [2.45, 2.75) is 32.9 Å². The summed E-state index contributed by atoms with van der Waals surface area (Å²) in [5.41, 5.74) is 1.12. The molecular weight excluding hydrogens is 517 g/mol. The molecule has 0 radical (unpaired) electrons. The summed E-state index contributed by atoms with van der Waals surface area (Å²) in [4.78, 5) is 53.4. The molecule has 1 heterocycles. The van der Waals surface area contributed by atoms with Gasteiger partial charge >= 0.3 is 0 Å². The molecule has 0 saturated heterocycles. The van der Waals surface area contributed by atoms with E-state index in [1.165, 1.54) is 52.5 Å². The van der Waals surface area contributed by atoms with Crippen LogP contribution in [0.5, 0.6) is 0 Å². The predicted octanol–water partition coefficient (Wildman–Crippen LogP) is 5.31. The first-order chi connectivity index (χ1) is 19.3. The predicted molar refractivity (Wildman–Crippen MR) is 147 cm³/mol. The van der Waals surface area contributed by atoms with Crippen molar-refractivity contribution in [3.05, 3.63) is 122 Å². The largest absolute Gasteiger partial charge is 0.464 e. The van der Waals surface area contributed by atoms with Crippen molar-refractivity contribution < 1.29 is 23.3 Å². The number of hydrogen-bond donors (Lipinski definition) is 0. The Hall–Kier alpha value is -4.86. The number of carbonyl (C=O) groups excluding carboxylic acids is 2. The lowest BCUT2D eigenvalue weighted by molar-refractivity contribution is -0.384. The second-order valence-electron chi connectivity index (χ2n) is 9.35. The lowest BCUT2D eigenvalue weighted by atomic mass is 10.1. The maximum atomic E-state index is 13.7. The Balaban J connectivity index is 1.62. The number of fused-ring (bicyclic) bond motifs is 1. The second-order valence-corrected chi connectivity index (χ2v) is 9.35. The number of benzene rings is 3. The molecule has 0 saturated carbocycles. The number of hydrogen-bond acceptors (Lipinski definition) is 6. The Morgan fingerprint density at radius 3 is 2.33 bits per heavy atom. The monoisotopic (exact) mass is 545 g/mol. The van der Waals surface area contributed by atoms with Crippen LogP contribution >= 0.6 is 0 Å². The van der Waals surface area contributed by atoms with Gasteiger partial charge in [-0.1, -0.05) is 37.6 Å². The summed E-state index contributed by atoms with van der Waals surface area (Å²) in [6.07, 6.45) is 2.74.